The average molecular weight is 350 g/mol. The molecular weight excluding hydrogens is 330 g/mol. The fourth-order valence-electron chi connectivity index (χ4n) is 2.32. The summed E-state index contributed by atoms with van der Waals surface area (Å²) < 4.78 is 12.0. The monoisotopic (exact) mass is 349 g/mol. The first kappa shape index (κ1) is 14.7. The van der Waals surface area contributed by atoms with Gasteiger partial charge in [0.15, 0.2) is 4.67 Å². The van der Waals surface area contributed by atoms with Crippen LogP contribution in [0.4, 0.5) is 0 Å². The van der Waals surface area contributed by atoms with E-state index in [1.807, 2.05) is 6.07 Å². The number of rotatable bonds is 7. The fourth-order valence-corrected chi connectivity index (χ4v) is 2.79. The normalized spacial score (nSPS) is 15.9. The van der Waals surface area contributed by atoms with E-state index in [0.29, 0.717) is 6.10 Å². The molecule has 1 aliphatic carbocycles. The van der Waals surface area contributed by atoms with E-state index in [9.17, 15) is 0 Å². The zero-order chi connectivity index (χ0) is 14.7. The standard InChI is InChI=1S/C17H20BrNO2/c1-2-10-19-16(15-9-11-20-17(15)18)12-3-5-13(6-4-12)21-14-7-8-14/h3-6,9,11,14,16,19H,2,7-8,10H2,1H3. The number of hydrogen-bond donors (Lipinski definition) is 1. The van der Waals surface area contributed by atoms with Crippen LogP contribution in [0, 0.1) is 0 Å². The molecule has 1 aliphatic rings. The Morgan fingerprint density at radius 3 is 2.62 bits per heavy atom. The third-order valence-corrected chi connectivity index (χ3v) is 4.24. The summed E-state index contributed by atoms with van der Waals surface area (Å²) in [5.74, 6) is 0.960. The molecule has 1 fully saturated rings. The third kappa shape index (κ3) is 3.69. The summed E-state index contributed by atoms with van der Waals surface area (Å²) in [4.78, 5) is 0. The van der Waals surface area contributed by atoms with E-state index in [4.69, 9.17) is 9.15 Å². The number of benzene rings is 1. The lowest BCUT2D eigenvalue weighted by atomic mass is 10.0. The van der Waals surface area contributed by atoms with Gasteiger partial charge in [-0.1, -0.05) is 19.1 Å². The van der Waals surface area contributed by atoms with Crippen molar-refractivity contribution in [1.82, 2.24) is 5.32 Å². The van der Waals surface area contributed by atoms with Crippen LogP contribution >= 0.6 is 15.9 Å². The molecule has 21 heavy (non-hydrogen) atoms. The van der Waals surface area contributed by atoms with Gasteiger partial charge in [-0.25, -0.2) is 0 Å². The van der Waals surface area contributed by atoms with Gasteiger partial charge in [-0.2, -0.15) is 0 Å². The Labute approximate surface area is 133 Å². The molecular formula is C17H20BrNO2. The number of furan rings is 1. The molecule has 1 saturated carbocycles. The molecule has 1 aromatic carbocycles. The maximum Gasteiger partial charge on any atom is 0.174 e. The summed E-state index contributed by atoms with van der Waals surface area (Å²) in [6.07, 6.45) is 5.61. The molecule has 3 nitrogen and oxygen atoms in total. The largest absolute Gasteiger partial charge is 0.490 e. The highest BCUT2D eigenvalue weighted by Crippen LogP contribution is 2.32. The van der Waals surface area contributed by atoms with Gasteiger partial charge < -0.3 is 14.5 Å². The molecule has 1 heterocycles. The Kier molecular flexibility index (Phi) is 4.66. The van der Waals surface area contributed by atoms with Crippen LogP contribution in [0.15, 0.2) is 45.7 Å². The minimum atomic E-state index is 0.132. The second-order valence-corrected chi connectivity index (χ2v) is 6.14. The van der Waals surface area contributed by atoms with Gasteiger partial charge in [0.25, 0.3) is 0 Å². The Morgan fingerprint density at radius 1 is 1.29 bits per heavy atom. The quantitative estimate of drug-likeness (QED) is 0.788. The van der Waals surface area contributed by atoms with Crippen LogP contribution in [-0.2, 0) is 0 Å². The summed E-state index contributed by atoms with van der Waals surface area (Å²) in [5.41, 5.74) is 2.34. The van der Waals surface area contributed by atoms with Gasteiger partial charge >= 0.3 is 0 Å². The van der Waals surface area contributed by atoms with Crippen molar-refractivity contribution >= 4 is 15.9 Å². The smallest absolute Gasteiger partial charge is 0.174 e. The third-order valence-electron chi connectivity index (χ3n) is 3.60. The molecule has 0 saturated heterocycles. The van der Waals surface area contributed by atoms with E-state index in [1.54, 1.807) is 6.26 Å². The topological polar surface area (TPSA) is 34.4 Å². The van der Waals surface area contributed by atoms with Gasteiger partial charge in [-0.05, 0) is 65.5 Å². The van der Waals surface area contributed by atoms with E-state index in [2.05, 4.69) is 52.4 Å². The lowest BCUT2D eigenvalue weighted by Crippen LogP contribution is -2.23. The maximum atomic E-state index is 5.81. The van der Waals surface area contributed by atoms with Crippen molar-refractivity contribution in [2.24, 2.45) is 0 Å². The maximum absolute atomic E-state index is 5.81. The molecule has 0 bridgehead atoms. The van der Waals surface area contributed by atoms with Crippen molar-refractivity contribution < 1.29 is 9.15 Å². The van der Waals surface area contributed by atoms with Crippen molar-refractivity contribution in [3.05, 3.63) is 52.4 Å². The van der Waals surface area contributed by atoms with Gasteiger partial charge in [-0.3, -0.25) is 0 Å². The highest BCUT2D eigenvalue weighted by atomic mass is 79.9. The lowest BCUT2D eigenvalue weighted by Gasteiger charge is -2.18. The van der Waals surface area contributed by atoms with Crippen LogP contribution < -0.4 is 10.1 Å². The van der Waals surface area contributed by atoms with Gasteiger partial charge in [0, 0.05) is 5.56 Å². The molecule has 1 atom stereocenters. The fraction of sp³-hybridized carbons (Fsp3) is 0.412. The molecule has 0 radical (unpaired) electrons. The minimum Gasteiger partial charge on any atom is -0.490 e. The number of hydrogen-bond acceptors (Lipinski definition) is 3. The summed E-state index contributed by atoms with van der Waals surface area (Å²) in [5, 5.41) is 3.57. The number of ether oxygens (including phenoxy) is 1. The van der Waals surface area contributed by atoms with E-state index >= 15 is 0 Å². The average Bonchev–Trinajstić information content (AvgIpc) is 3.21. The highest BCUT2D eigenvalue weighted by molar-refractivity contribution is 9.10. The Hall–Kier alpha value is -1.26. The highest BCUT2D eigenvalue weighted by Gasteiger charge is 2.24. The summed E-state index contributed by atoms with van der Waals surface area (Å²) >= 11 is 3.48. The van der Waals surface area contributed by atoms with E-state index in [1.165, 1.54) is 18.4 Å². The van der Waals surface area contributed by atoms with Crippen LogP contribution in [0.3, 0.4) is 0 Å². The minimum absolute atomic E-state index is 0.132. The summed E-state index contributed by atoms with van der Waals surface area (Å²) in [6, 6.07) is 10.5. The molecule has 1 unspecified atom stereocenters. The first-order valence-electron chi connectivity index (χ1n) is 7.51. The van der Waals surface area contributed by atoms with Crippen LogP contribution in [0.25, 0.3) is 0 Å². The molecule has 0 aliphatic heterocycles. The van der Waals surface area contributed by atoms with Gasteiger partial charge in [0.2, 0.25) is 0 Å². The van der Waals surface area contributed by atoms with Crippen molar-refractivity contribution in [2.75, 3.05) is 6.54 Å². The van der Waals surface area contributed by atoms with Crippen LogP contribution in [0.5, 0.6) is 5.75 Å². The Bertz CT molecular complexity index is 575. The zero-order valence-corrected chi connectivity index (χ0v) is 13.7. The number of nitrogens with one attached hydrogen (secondary N) is 1. The molecule has 1 N–H and O–H groups in total. The van der Waals surface area contributed by atoms with Crippen molar-refractivity contribution in [3.63, 3.8) is 0 Å². The summed E-state index contributed by atoms with van der Waals surface area (Å²) in [6.45, 7) is 3.13. The van der Waals surface area contributed by atoms with Crippen molar-refractivity contribution in [3.8, 4) is 5.75 Å². The first-order valence-corrected chi connectivity index (χ1v) is 8.30. The Morgan fingerprint density at radius 2 is 2.05 bits per heavy atom. The van der Waals surface area contributed by atoms with Crippen molar-refractivity contribution in [1.29, 1.82) is 0 Å². The lowest BCUT2D eigenvalue weighted by molar-refractivity contribution is 0.303. The van der Waals surface area contributed by atoms with Crippen LogP contribution in [0.1, 0.15) is 43.4 Å². The zero-order valence-electron chi connectivity index (χ0n) is 12.1. The second kappa shape index (κ2) is 6.67. The molecule has 2 aromatic rings. The Balaban J connectivity index is 1.79. The van der Waals surface area contributed by atoms with Crippen molar-refractivity contribution in [2.45, 2.75) is 38.3 Å². The van der Waals surface area contributed by atoms with E-state index in [-0.39, 0.29) is 6.04 Å². The molecule has 0 amide bonds. The van der Waals surface area contributed by atoms with E-state index < -0.39 is 0 Å². The van der Waals surface area contributed by atoms with Gasteiger partial charge in [-0.15, -0.1) is 0 Å². The van der Waals surface area contributed by atoms with Crippen LogP contribution in [0.2, 0.25) is 0 Å². The molecule has 4 heteroatoms. The molecule has 1 aromatic heterocycles. The molecule has 112 valence electrons. The van der Waals surface area contributed by atoms with E-state index in [0.717, 1.165) is 28.9 Å². The second-order valence-electron chi connectivity index (χ2n) is 5.42. The van der Waals surface area contributed by atoms with Gasteiger partial charge in [0.1, 0.15) is 5.75 Å². The van der Waals surface area contributed by atoms with Crippen LogP contribution in [-0.4, -0.2) is 12.6 Å². The number of halogens is 1. The summed E-state index contributed by atoms with van der Waals surface area (Å²) in [7, 11) is 0. The van der Waals surface area contributed by atoms with Gasteiger partial charge in [0.05, 0.1) is 18.4 Å². The first-order chi connectivity index (χ1) is 10.3. The predicted molar refractivity (Wildman–Crippen MR) is 86.6 cm³/mol. The predicted octanol–water partition coefficient (Wildman–Crippen LogP) is 4.67. The SMILES string of the molecule is CCCNC(c1ccc(OC2CC2)cc1)c1ccoc1Br. The molecule has 0 spiro atoms. The molecule has 3 rings (SSSR count).